The second-order valence-electron chi connectivity index (χ2n) is 8.71. The van der Waals surface area contributed by atoms with E-state index >= 15 is 0 Å². The van der Waals surface area contributed by atoms with E-state index in [4.69, 9.17) is 19.9 Å². The number of ether oxygens (including phenoxy) is 3. The van der Waals surface area contributed by atoms with Crippen molar-refractivity contribution in [3.05, 3.63) is 53.6 Å². The third-order valence-electron chi connectivity index (χ3n) is 5.76. The molecular formula is C26H32F3N7O5. The summed E-state index contributed by atoms with van der Waals surface area (Å²) in [4.78, 5) is 26.0. The van der Waals surface area contributed by atoms with Crippen molar-refractivity contribution in [1.82, 2.24) is 25.5 Å². The molecule has 0 atom stereocenters. The Morgan fingerprint density at radius 1 is 1.02 bits per heavy atom. The molecule has 222 valence electrons. The zero-order valence-electron chi connectivity index (χ0n) is 22.7. The smallest absolute Gasteiger partial charge is 0.384 e. The molecule has 0 aliphatic heterocycles. The molecule has 3 rings (SSSR count). The molecule has 0 aliphatic carbocycles. The van der Waals surface area contributed by atoms with Gasteiger partial charge in [0.25, 0.3) is 0 Å². The molecule has 0 aliphatic rings. The summed E-state index contributed by atoms with van der Waals surface area (Å²) in [6, 6.07) is 9.60. The Kier molecular flexibility index (Phi) is 11.6. The fourth-order valence-electron chi connectivity index (χ4n) is 3.74. The Bertz CT molecular complexity index is 1290. The van der Waals surface area contributed by atoms with Crippen LogP contribution in [0.2, 0.25) is 0 Å². The van der Waals surface area contributed by atoms with Gasteiger partial charge < -0.3 is 30.2 Å². The highest BCUT2D eigenvalue weighted by molar-refractivity contribution is 5.93. The molecule has 0 bridgehead atoms. The van der Waals surface area contributed by atoms with Crippen molar-refractivity contribution in [3.63, 3.8) is 0 Å². The average molecular weight is 580 g/mol. The number of benzene rings is 2. The standard InChI is InChI=1S/C26H32F3N7O5/c1-35-33-25(32-34-35)21-17-19(26(27,28)29)5-8-22(21)36(20-6-3-18(4-7-20)24(30)38)11-14-41-16-15-40-13-10-31-23(37)9-12-39-2/h3-8,17H,9-16H2,1-2H3,(H2,30,38)(H,31,37). The highest BCUT2D eigenvalue weighted by Crippen LogP contribution is 2.38. The number of aryl methyl sites for hydroxylation is 1. The maximum absolute atomic E-state index is 13.6. The zero-order valence-corrected chi connectivity index (χ0v) is 22.7. The van der Waals surface area contributed by atoms with Gasteiger partial charge in [0, 0.05) is 43.4 Å². The van der Waals surface area contributed by atoms with Gasteiger partial charge in [-0.2, -0.15) is 18.0 Å². The lowest BCUT2D eigenvalue weighted by Crippen LogP contribution is -2.28. The molecule has 0 spiro atoms. The molecule has 0 saturated carbocycles. The number of hydrogen-bond acceptors (Lipinski definition) is 9. The number of nitrogens with zero attached hydrogens (tertiary/aromatic N) is 5. The van der Waals surface area contributed by atoms with Crippen LogP contribution < -0.4 is 16.0 Å². The molecular weight excluding hydrogens is 547 g/mol. The van der Waals surface area contributed by atoms with Gasteiger partial charge in [-0.3, -0.25) is 9.59 Å². The fourth-order valence-corrected chi connectivity index (χ4v) is 3.74. The molecule has 1 aromatic heterocycles. The number of carbonyl (C=O) groups is 2. The summed E-state index contributed by atoms with van der Waals surface area (Å²) in [6.45, 7) is 1.93. The fraction of sp³-hybridized carbons (Fsp3) is 0.423. The van der Waals surface area contributed by atoms with Gasteiger partial charge in [-0.1, -0.05) is 0 Å². The first-order valence-electron chi connectivity index (χ1n) is 12.6. The first-order valence-corrected chi connectivity index (χ1v) is 12.6. The lowest BCUT2D eigenvalue weighted by Gasteiger charge is -2.27. The molecule has 0 radical (unpaired) electrons. The van der Waals surface area contributed by atoms with E-state index in [0.29, 0.717) is 31.1 Å². The number of primary amides is 1. The quantitative estimate of drug-likeness (QED) is 0.244. The minimum absolute atomic E-state index is 0.0102. The number of nitrogens with one attached hydrogen (secondary N) is 1. The summed E-state index contributed by atoms with van der Waals surface area (Å²) in [5, 5.41) is 14.5. The monoisotopic (exact) mass is 579 g/mol. The van der Waals surface area contributed by atoms with Gasteiger partial charge >= 0.3 is 6.18 Å². The van der Waals surface area contributed by atoms with Crippen molar-refractivity contribution in [2.75, 3.05) is 58.1 Å². The van der Waals surface area contributed by atoms with Crippen LogP contribution in [-0.2, 0) is 32.2 Å². The third kappa shape index (κ3) is 9.51. The first-order chi connectivity index (χ1) is 19.6. The van der Waals surface area contributed by atoms with E-state index in [2.05, 4.69) is 20.7 Å². The molecule has 3 N–H and O–H groups in total. The molecule has 2 amide bonds. The number of tetrazole rings is 1. The summed E-state index contributed by atoms with van der Waals surface area (Å²) in [6.07, 6.45) is -4.31. The summed E-state index contributed by atoms with van der Waals surface area (Å²) >= 11 is 0. The predicted octanol–water partition coefficient (Wildman–Crippen LogP) is 2.32. The van der Waals surface area contributed by atoms with E-state index in [0.717, 1.165) is 16.9 Å². The van der Waals surface area contributed by atoms with Gasteiger partial charge in [0.2, 0.25) is 17.6 Å². The Morgan fingerprint density at radius 2 is 1.73 bits per heavy atom. The van der Waals surface area contributed by atoms with Crippen molar-refractivity contribution >= 4 is 23.2 Å². The summed E-state index contributed by atoms with van der Waals surface area (Å²) in [7, 11) is 3.03. The largest absolute Gasteiger partial charge is 0.416 e. The maximum Gasteiger partial charge on any atom is 0.416 e. The number of carbonyl (C=O) groups excluding carboxylic acids is 2. The highest BCUT2D eigenvalue weighted by atomic mass is 19.4. The molecule has 2 aromatic carbocycles. The number of anilines is 2. The molecule has 41 heavy (non-hydrogen) atoms. The second-order valence-corrected chi connectivity index (χ2v) is 8.71. The minimum Gasteiger partial charge on any atom is -0.384 e. The van der Waals surface area contributed by atoms with Gasteiger partial charge in [-0.25, -0.2) is 0 Å². The van der Waals surface area contributed by atoms with Crippen molar-refractivity contribution in [3.8, 4) is 11.4 Å². The second kappa shape index (κ2) is 15.1. The van der Waals surface area contributed by atoms with E-state index in [1.807, 2.05) is 0 Å². The number of hydrogen-bond donors (Lipinski definition) is 2. The Balaban J connectivity index is 1.71. The molecule has 12 nitrogen and oxygen atoms in total. The summed E-state index contributed by atoms with van der Waals surface area (Å²) in [5.74, 6) is -0.731. The molecule has 0 fully saturated rings. The number of aromatic nitrogens is 4. The third-order valence-corrected chi connectivity index (χ3v) is 5.76. The van der Waals surface area contributed by atoms with E-state index in [-0.39, 0.29) is 55.6 Å². The SMILES string of the molecule is COCCC(=O)NCCOCCOCCN(c1ccc(C(N)=O)cc1)c1ccc(C(F)(F)F)cc1-c1nnn(C)n1. The highest BCUT2D eigenvalue weighted by Gasteiger charge is 2.32. The van der Waals surface area contributed by atoms with Crippen LogP contribution in [0.3, 0.4) is 0 Å². The molecule has 0 saturated heterocycles. The number of methoxy groups -OCH3 is 1. The van der Waals surface area contributed by atoms with Crippen molar-refractivity contribution in [2.45, 2.75) is 12.6 Å². The number of alkyl halides is 3. The van der Waals surface area contributed by atoms with Gasteiger partial charge in [0.05, 0.1) is 51.3 Å². The normalized spacial score (nSPS) is 11.4. The maximum atomic E-state index is 13.6. The molecule has 0 unspecified atom stereocenters. The summed E-state index contributed by atoms with van der Waals surface area (Å²) in [5.41, 5.74) is 5.84. The number of nitrogens with two attached hydrogens (primary N) is 1. The van der Waals surface area contributed by atoms with Crippen LogP contribution in [0.15, 0.2) is 42.5 Å². The Labute approximate surface area is 234 Å². The number of rotatable bonds is 16. The van der Waals surface area contributed by atoms with E-state index in [1.165, 1.54) is 32.4 Å². The van der Waals surface area contributed by atoms with Crippen LogP contribution in [0.25, 0.3) is 11.4 Å². The minimum atomic E-state index is -4.58. The number of amides is 2. The Morgan fingerprint density at radius 3 is 2.34 bits per heavy atom. The van der Waals surface area contributed by atoms with Gasteiger partial charge in [0.15, 0.2) is 0 Å². The van der Waals surface area contributed by atoms with Crippen LogP contribution in [-0.4, -0.2) is 85.3 Å². The van der Waals surface area contributed by atoms with Crippen molar-refractivity contribution < 1.29 is 37.0 Å². The first kappa shape index (κ1) is 31.4. The van der Waals surface area contributed by atoms with E-state index in [1.54, 1.807) is 17.0 Å². The van der Waals surface area contributed by atoms with Crippen LogP contribution in [0.5, 0.6) is 0 Å². The van der Waals surface area contributed by atoms with Crippen LogP contribution in [0.1, 0.15) is 22.3 Å². The Hall–Kier alpha value is -4.08. The van der Waals surface area contributed by atoms with E-state index < -0.39 is 17.6 Å². The van der Waals surface area contributed by atoms with E-state index in [9.17, 15) is 22.8 Å². The average Bonchev–Trinajstić information content (AvgIpc) is 3.38. The summed E-state index contributed by atoms with van der Waals surface area (Å²) < 4.78 is 56.7. The topological polar surface area (TPSA) is 147 Å². The van der Waals surface area contributed by atoms with Gasteiger partial charge in [-0.15, -0.1) is 10.2 Å². The van der Waals surface area contributed by atoms with Crippen molar-refractivity contribution in [1.29, 1.82) is 0 Å². The number of halogens is 3. The van der Waals surface area contributed by atoms with Crippen molar-refractivity contribution in [2.24, 2.45) is 12.8 Å². The van der Waals surface area contributed by atoms with Crippen LogP contribution >= 0.6 is 0 Å². The van der Waals surface area contributed by atoms with Gasteiger partial charge in [-0.05, 0) is 47.7 Å². The molecule has 3 aromatic rings. The van der Waals surface area contributed by atoms with Crippen LogP contribution in [0.4, 0.5) is 24.5 Å². The molecule has 1 heterocycles. The van der Waals surface area contributed by atoms with Gasteiger partial charge in [0.1, 0.15) is 0 Å². The molecule has 15 heteroatoms. The zero-order chi connectivity index (χ0) is 29.8. The predicted molar refractivity (Wildman–Crippen MR) is 142 cm³/mol. The lowest BCUT2D eigenvalue weighted by molar-refractivity contribution is -0.137. The van der Waals surface area contributed by atoms with Crippen LogP contribution in [0, 0.1) is 0 Å². The lowest BCUT2D eigenvalue weighted by atomic mass is 10.1.